The van der Waals surface area contributed by atoms with Crippen molar-refractivity contribution in [3.63, 3.8) is 0 Å². The monoisotopic (exact) mass is 319 g/mol. The highest BCUT2D eigenvalue weighted by molar-refractivity contribution is 7.88. The zero-order valence-corrected chi connectivity index (χ0v) is 13.9. The Balaban J connectivity index is 2.81. The largest absolute Gasteiger partial charge is 0.359 e. The normalized spacial score (nSPS) is 21.2. The Hall–Kier alpha value is -1.15. The number of rotatable bonds is 5. The first-order chi connectivity index (χ1) is 9.65. The smallest absolute Gasteiger partial charge is 0.241 e. The van der Waals surface area contributed by atoms with Gasteiger partial charge in [0.1, 0.15) is 6.04 Å². The van der Waals surface area contributed by atoms with Crippen LogP contribution < -0.4 is 10.0 Å². The van der Waals surface area contributed by atoms with Crippen LogP contribution in [0.15, 0.2) is 0 Å². The molecular weight excluding hydrogens is 294 g/mol. The van der Waals surface area contributed by atoms with Crippen LogP contribution in [0, 0.1) is 11.8 Å². The number of nitrogens with one attached hydrogen (secondary N) is 2. The third-order valence-corrected chi connectivity index (χ3v) is 4.31. The van der Waals surface area contributed by atoms with Crippen molar-refractivity contribution < 1.29 is 18.0 Å². The van der Waals surface area contributed by atoms with Crippen LogP contribution in [0.25, 0.3) is 0 Å². The van der Waals surface area contributed by atoms with Gasteiger partial charge in [0, 0.05) is 20.1 Å². The van der Waals surface area contributed by atoms with Crippen LogP contribution in [0.2, 0.25) is 0 Å². The maximum Gasteiger partial charge on any atom is 0.241 e. The van der Waals surface area contributed by atoms with Crippen LogP contribution in [-0.4, -0.2) is 57.6 Å². The van der Waals surface area contributed by atoms with Gasteiger partial charge in [-0.25, -0.2) is 13.1 Å². The first-order valence-electron chi connectivity index (χ1n) is 7.13. The summed E-state index contributed by atoms with van der Waals surface area (Å²) < 4.78 is 25.2. The van der Waals surface area contributed by atoms with Crippen molar-refractivity contribution in [3.8, 4) is 0 Å². The highest BCUT2D eigenvalue weighted by Crippen LogP contribution is 2.19. The minimum Gasteiger partial charge on any atom is -0.359 e. The number of hydrogen-bond acceptors (Lipinski definition) is 4. The average Bonchev–Trinajstić information content (AvgIpc) is 2.42. The van der Waals surface area contributed by atoms with Gasteiger partial charge in [0.2, 0.25) is 21.8 Å². The van der Waals surface area contributed by atoms with Gasteiger partial charge in [0.05, 0.1) is 12.2 Å². The van der Waals surface area contributed by atoms with Crippen LogP contribution in [-0.2, 0) is 19.6 Å². The third kappa shape index (κ3) is 5.28. The Morgan fingerprint density at radius 1 is 1.29 bits per heavy atom. The lowest BCUT2D eigenvalue weighted by Crippen LogP contribution is -2.54. The molecule has 2 atom stereocenters. The second-order valence-electron chi connectivity index (χ2n) is 5.85. The van der Waals surface area contributed by atoms with E-state index in [1.54, 1.807) is 25.8 Å². The van der Waals surface area contributed by atoms with E-state index in [1.165, 1.54) is 0 Å². The van der Waals surface area contributed by atoms with E-state index < -0.39 is 16.1 Å². The van der Waals surface area contributed by atoms with Crippen LogP contribution >= 0.6 is 0 Å². The lowest BCUT2D eigenvalue weighted by molar-refractivity contribution is -0.137. The molecule has 2 N–H and O–H groups in total. The van der Waals surface area contributed by atoms with Gasteiger partial charge in [-0.1, -0.05) is 13.8 Å². The molecule has 122 valence electrons. The van der Waals surface area contributed by atoms with E-state index in [-0.39, 0.29) is 23.7 Å². The van der Waals surface area contributed by atoms with Gasteiger partial charge < -0.3 is 10.2 Å². The van der Waals surface area contributed by atoms with E-state index in [9.17, 15) is 18.0 Å². The summed E-state index contributed by atoms with van der Waals surface area (Å²) in [6.07, 6.45) is 2.53. The molecule has 0 saturated carbocycles. The lowest BCUT2D eigenvalue weighted by atomic mass is 9.95. The number of carbonyl (C=O) groups is 2. The number of carbonyl (C=O) groups excluding carboxylic acids is 2. The van der Waals surface area contributed by atoms with Crippen molar-refractivity contribution >= 4 is 21.8 Å². The van der Waals surface area contributed by atoms with Crippen molar-refractivity contribution in [3.05, 3.63) is 0 Å². The fourth-order valence-corrected chi connectivity index (χ4v) is 3.33. The number of amides is 2. The Morgan fingerprint density at radius 3 is 2.38 bits per heavy atom. The second kappa shape index (κ2) is 7.22. The zero-order chi connectivity index (χ0) is 16.2. The molecule has 1 heterocycles. The van der Waals surface area contributed by atoms with Crippen molar-refractivity contribution in [1.29, 1.82) is 0 Å². The Labute approximate surface area is 126 Å². The molecular formula is C13H25N3O4S. The summed E-state index contributed by atoms with van der Waals surface area (Å²) in [6, 6.07) is -0.788. The quantitative estimate of drug-likeness (QED) is 0.717. The van der Waals surface area contributed by atoms with Crippen molar-refractivity contribution in [2.24, 2.45) is 11.8 Å². The molecule has 0 spiro atoms. The van der Waals surface area contributed by atoms with Crippen molar-refractivity contribution in [2.75, 3.05) is 26.4 Å². The van der Waals surface area contributed by atoms with Crippen molar-refractivity contribution in [1.82, 2.24) is 14.9 Å². The number of sulfonamides is 1. The fourth-order valence-electron chi connectivity index (χ4n) is 2.49. The summed E-state index contributed by atoms with van der Waals surface area (Å²) in [6.45, 7) is 4.48. The van der Waals surface area contributed by atoms with E-state index in [4.69, 9.17) is 0 Å². The SMILES string of the molecule is CNC(=O)[C@H]1CCCN(C(=O)[C@H](NS(C)(=O)=O)C(C)C)C1. The Kier molecular flexibility index (Phi) is 6.15. The second-order valence-corrected chi connectivity index (χ2v) is 7.63. The third-order valence-electron chi connectivity index (χ3n) is 3.62. The molecule has 2 amide bonds. The predicted octanol–water partition coefficient (Wildman–Crippen LogP) is -0.455. The minimum atomic E-state index is -3.46. The maximum absolute atomic E-state index is 12.5. The molecule has 1 aliphatic heterocycles. The molecule has 0 aromatic rings. The van der Waals surface area contributed by atoms with Crippen LogP contribution in [0.5, 0.6) is 0 Å². The minimum absolute atomic E-state index is 0.0790. The predicted molar refractivity (Wildman–Crippen MR) is 80.0 cm³/mol. The van der Waals surface area contributed by atoms with Gasteiger partial charge in [0.15, 0.2) is 0 Å². The number of piperidine rings is 1. The van der Waals surface area contributed by atoms with Crippen molar-refractivity contribution in [2.45, 2.75) is 32.7 Å². The maximum atomic E-state index is 12.5. The standard InChI is InChI=1S/C13H25N3O4S/c1-9(2)11(15-21(4,19)20)13(18)16-7-5-6-10(8-16)12(17)14-3/h9-11,15H,5-8H2,1-4H3,(H,14,17)/t10-,11+/m0/s1. The summed E-state index contributed by atoms with van der Waals surface area (Å²) in [5, 5.41) is 2.60. The van der Waals surface area contributed by atoms with E-state index in [0.717, 1.165) is 19.1 Å². The topological polar surface area (TPSA) is 95.6 Å². The number of nitrogens with zero attached hydrogens (tertiary/aromatic N) is 1. The van der Waals surface area contributed by atoms with Gasteiger partial charge >= 0.3 is 0 Å². The van der Waals surface area contributed by atoms with E-state index in [1.807, 2.05) is 0 Å². The van der Waals surface area contributed by atoms with Crippen LogP contribution in [0.1, 0.15) is 26.7 Å². The molecule has 7 nitrogen and oxygen atoms in total. The highest BCUT2D eigenvalue weighted by atomic mass is 32.2. The average molecular weight is 319 g/mol. The molecule has 1 saturated heterocycles. The molecule has 1 fully saturated rings. The first kappa shape index (κ1) is 17.9. The molecule has 0 aliphatic carbocycles. The zero-order valence-electron chi connectivity index (χ0n) is 13.0. The van der Waals surface area contributed by atoms with Gasteiger partial charge in [-0.2, -0.15) is 0 Å². The van der Waals surface area contributed by atoms with Crippen LogP contribution in [0.3, 0.4) is 0 Å². The highest BCUT2D eigenvalue weighted by Gasteiger charge is 2.33. The fraction of sp³-hybridized carbons (Fsp3) is 0.846. The van der Waals surface area contributed by atoms with Gasteiger partial charge in [-0.15, -0.1) is 0 Å². The van der Waals surface area contributed by atoms with E-state index in [0.29, 0.717) is 13.1 Å². The van der Waals surface area contributed by atoms with E-state index in [2.05, 4.69) is 10.0 Å². The molecule has 1 aliphatic rings. The summed E-state index contributed by atoms with van der Waals surface area (Å²) in [5.41, 5.74) is 0. The molecule has 0 bridgehead atoms. The lowest BCUT2D eigenvalue weighted by Gasteiger charge is -2.35. The molecule has 1 rings (SSSR count). The summed E-state index contributed by atoms with van der Waals surface area (Å²) in [4.78, 5) is 25.8. The molecule has 0 unspecified atom stereocenters. The number of likely N-dealkylation sites (tertiary alicyclic amines) is 1. The molecule has 0 radical (unpaired) electrons. The van der Waals surface area contributed by atoms with E-state index >= 15 is 0 Å². The summed E-state index contributed by atoms with van der Waals surface area (Å²) in [7, 11) is -1.89. The molecule has 0 aromatic carbocycles. The first-order valence-corrected chi connectivity index (χ1v) is 9.02. The Bertz CT molecular complexity index is 490. The molecule has 0 aromatic heterocycles. The molecule has 21 heavy (non-hydrogen) atoms. The molecule has 8 heteroatoms. The summed E-state index contributed by atoms with van der Waals surface area (Å²) in [5.74, 6) is -0.722. The van der Waals surface area contributed by atoms with Crippen LogP contribution in [0.4, 0.5) is 0 Å². The summed E-state index contributed by atoms with van der Waals surface area (Å²) >= 11 is 0. The Morgan fingerprint density at radius 2 is 1.90 bits per heavy atom. The van der Waals surface area contributed by atoms with Gasteiger partial charge in [0.25, 0.3) is 0 Å². The van der Waals surface area contributed by atoms with Gasteiger partial charge in [-0.3, -0.25) is 9.59 Å². The number of hydrogen-bond donors (Lipinski definition) is 2. The van der Waals surface area contributed by atoms with Gasteiger partial charge in [-0.05, 0) is 18.8 Å².